The third-order valence-electron chi connectivity index (χ3n) is 2.83. The van der Waals surface area contributed by atoms with Gasteiger partial charge in [0.25, 0.3) is 5.56 Å². The minimum absolute atomic E-state index is 0.00743. The summed E-state index contributed by atoms with van der Waals surface area (Å²) in [4.78, 5) is 19.6. The van der Waals surface area contributed by atoms with Crippen LogP contribution in [0.3, 0.4) is 0 Å². The van der Waals surface area contributed by atoms with E-state index in [4.69, 9.17) is 4.98 Å². The second-order valence-corrected chi connectivity index (χ2v) is 7.75. The fraction of sp³-hybridized carbons (Fsp3) is 0.667. The summed E-state index contributed by atoms with van der Waals surface area (Å²) < 4.78 is 0.724. The lowest BCUT2D eigenvalue weighted by Gasteiger charge is -2.20. The van der Waals surface area contributed by atoms with Gasteiger partial charge in [0.1, 0.15) is 9.39 Å². The fourth-order valence-electron chi connectivity index (χ4n) is 1.92. The van der Waals surface area contributed by atoms with E-state index in [0.717, 1.165) is 21.5 Å². The summed E-state index contributed by atoms with van der Waals surface area (Å²) in [5.74, 6) is 2.04. The predicted octanol–water partition coefficient (Wildman–Crippen LogP) is 3.24. The van der Waals surface area contributed by atoms with Gasteiger partial charge >= 0.3 is 0 Å². The highest BCUT2D eigenvalue weighted by atomic mass is 127. The van der Waals surface area contributed by atoms with Gasteiger partial charge in [-0.3, -0.25) is 4.79 Å². The summed E-state index contributed by atoms with van der Waals surface area (Å²) >= 11 is 3.99. The van der Waals surface area contributed by atoms with E-state index in [-0.39, 0.29) is 11.0 Å². The van der Waals surface area contributed by atoms with Crippen LogP contribution in [0.25, 0.3) is 0 Å². The van der Waals surface area contributed by atoms with Crippen molar-refractivity contribution in [3.63, 3.8) is 0 Å². The van der Waals surface area contributed by atoms with Crippen molar-refractivity contribution < 1.29 is 0 Å². The van der Waals surface area contributed by atoms with Crippen LogP contribution in [0.4, 0.5) is 0 Å². The van der Waals surface area contributed by atoms with Crippen molar-refractivity contribution in [1.82, 2.24) is 9.97 Å². The molecule has 17 heavy (non-hydrogen) atoms. The maximum atomic E-state index is 12.0. The number of halogens is 1. The minimum Gasteiger partial charge on any atom is -0.309 e. The van der Waals surface area contributed by atoms with Crippen molar-refractivity contribution in [3.8, 4) is 0 Å². The average molecular weight is 364 g/mol. The quantitative estimate of drug-likeness (QED) is 0.779. The zero-order chi connectivity index (χ0) is 12.6. The number of thioether (sulfide) groups is 1. The van der Waals surface area contributed by atoms with Gasteiger partial charge in [0.2, 0.25) is 0 Å². The zero-order valence-electron chi connectivity index (χ0n) is 10.3. The van der Waals surface area contributed by atoms with Gasteiger partial charge in [-0.15, -0.1) is 0 Å². The molecule has 1 unspecified atom stereocenters. The molecule has 0 amide bonds. The van der Waals surface area contributed by atoms with Crippen LogP contribution in [0.5, 0.6) is 0 Å². The highest BCUT2D eigenvalue weighted by Gasteiger charge is 2.26. The molecule has 3 nitrogen and oxygen atoms in total. The Labute approximate surface area is 119 Å². The molecule has 0 aromatic carbocycles. The molecule has 2 rings (SSSR count). The van der Waals surface area contributed by atoms with Gasteiger partial charge in [-0.1, -0.05) is 20.8 Å². The van der Waals surface area contributed by atoms with Crippen molar-refractivity contribution in [1.29, 1.82) is 0 Å². The predicted molar refractivity (Wildman–Crippen MR) is 80.7 cm³/mol. The number of hydrogen-bond acceptors (Lipinski definition) is 3. The van der Waals surface area contributed by atoms with Crippen LogP contribution >= 0.6 is 34.4 Å². The van der Waals surface area contributed by atoms with Crippen LogP contribution < -0.4 is 5.56 Å². The molecule has 1 aliphatic rings. The Hall–Kier alpha value is -0.0400. The molecule has 1 atom stereocenters. The number of nitrogens with one attached hydrogen (secondary N) is 1. The molecule has 0 aliphatic carbocycles. The maximum absolute atomic E-state index is 12.0. The molecule has 2 heterocycles. The molecular weight excluding hydrogens is 347 g/mol. The summed E-state index contributed by atoms with van der Waals surface area (Å²) in [6.07, 6.45) is 2.34. The second kappa shape index (κ2) is 4.91. The van der Waals surface area contributed by atoms with Crippen LogP contribution in [-0.2, 0) is 5.41 Å². The topological polar surface area (TPSA) is 45.8 Å². The van der Waals surface area contributed by atoms with E-state index in [0.29, 0.717) is 5.25 Å². The number of nitrogens with zero attached hydrogens (tertiary/aromatic N) is 1. The summed E-state index contributed by atoms with van der Waals surface area (Å²) in [5.41, 5.74) is 0.848. The molecule has 0 radical (unpaired) electrons. The number of aromatic nitrogens is 2. The van der Waals surface area contributed by atoms with E-state index in [1.807, 2.05) is 11.8 Å². The largest absolute Gasteiger partial charge is 0.309 e. The number of H-pyrrole nitrogens is 1. The van der Waals surface area contributed by atoms with Gasteiger partial charge in [-0.25, -0.2) is 4.98 Å². The Morgan fingerprint density at radius 3 is 2.71 bits per heavy atom. The summed E-state index contributed by atoms with van der Waals surface area (Å²) in [5, 5.41) is 0.376. The number of aromatic amines is 1. The SMILES string of the molecule is CC(C)(C)c1nc(C2CCCS2)[nH]c(=O)c1I. The van der Waals surface area contributed by atoms with Gasteiger partial charge in [0, 0.05) is 5.41 Å². The Morgan fingerprint density at radius 2 is 2.18 bits per heavy atom. The first kappa shape index (κ1) is 13.4. The van der Waals surface area contributed by atoms with Crippen LogP contribution in [0, 0.1) is 3.57 Å². The van der Waals surface area contributed by atoms with Gasteiger partial charge < -0.3 is 4.98 Å². The zero-order valence-corrected chi connectivity index (χ0v) is 13.3. The lowest BCUT2D eigenvalue weighted by atomic mass is 9.92. The molecule has 0 bridgehead atoms. The van der Waals surface area contributed by atoms with Crippen molar-refractivity contribution in [2.24, 2.45) is 0 Å². The molecule has 94 valence electrons. The van der Waals surface area contributed by atoms with Crippen LogP contribution in [0.1, 0.15) is 50.4 Å². The number of rotatable bonds is 1. The fourth-order valence-corrected chi connectivity index (χ4v) is 4.20. The van der Waals surface area contributed by atoms with Gasteiger partial charge in [-0.2, -0.15) is 11.8 Å². The van der Waals surface area contributed by atoms with E-state index in [2.05, 4.69) is 48.3 Å². The Bertz CT molecular complexity index is 472. The first-order chi connectivity index (χ1) is 7.89. The van der Waals surface area contributed by atoms with Gasteiger partial charge in [0.05, 0.1) is 10.9 Å². The summed E-state index contributed by atoms with van der Waals surface area (Å²) in [7, 11) is 0. The molecule has 1 aromatic heterocycles. The molecule has 0 saturated carbocycles. The van der Waals surface area contributed by atoms with Crippen LogP contribution in [-0.4, -0.2) is 15.7 Å². The first-order valence-electron chi connectivity index (χ1n) is 5.81. The lowest BCUT2D eigenvalue weighted by molar-refractivity contribution is 0.554. The van der Waals surface area contributed by atoms with Crippen molar-refractivity contribution in [2.45, 2.75) is 44.3 Å². The monoisotopic (exact) mass is 364 g/mol. The first-order valence-corrected chi connectivity index (χ1v) is 7.94. The third kappa shape index (κ3) is 2.86. The summed E-state index contributed by atoms with van der Waals surface area (Å²) in [6.45, 7) is 6.30. The van der Waals surface area contributed by atoms with E-state index < -0.39 is 0 Å². The van der Waals surface area contributed by atoms with E-state index in [1.54, 1.807) is 0 Å². The van der Waals surface area contributed by atoms with Gasteiger partial charge in [0.15, 0.2) is 0 Å². The maximum Gasteiger partial charge on any atom is 0.264 e. The molecule has 1 fully saturated rings. The highest BCUT2D eigenvalue weighted by Crippen LogP contribution is 2.38. The Morgan fingerprint density at radius 1 is 1.47 bits per heavy atom. The molecule has 1 aromatic rings. The standard InChI is InChI=1S/C12H17IN2OS/c1-12(2,3)9-8(13)11(16)15-10(14-9)7-5-4-6-17-7/h7H,4-6H2,1-3H3,(H,14,15,16). The normalized spacial score (nSPS) is 20.8. The van der Waals surface area contributed by atoms with Gasteiger partial charge in [-0.05, 0) is 41.2 Å². The lowest BCUT2D eigenvalue weighted by Crippen LogP contribution is -2.25. The van der Waals surface area contributed by atoms with Crippen molar-refractivity contribution >= 4 is 34.4 Å². The number of hydrogen-bond donors (Lipinski definition) is 1. The second-order valence-electron chi connectivity index (χ2n) is 5.37. The van der Waals surface area contributed by atoms with E-state index in [1.165, 1.54) is 12.2 Å². The molecule has 5 heteroatoms. The Balaban J connectivity index is 2.49. The molecule has 1 N–H and O–H groups in total. The smallest absolute Gasteiger partial charge is 0.264 e. The third-order valence-corrected chi connectivity index (χ3v) is 5.21. The summed E-state index contributed by atoms with van der Waals surface area (Å²) in [6, 6.07) is 0. The van der Waals surface area contributed by atoms with Crippen LogP contribution in [0.2, 0.25) is 0 Å². The van der Waals surface area contributed by atoms with Crippen molar-refractivity contribution in [3.05, 3.63) is 25.4 Å². The van der Waals surface area contributed by atoms with Crippen LogP contribution in [0.15, 0.2) is 4.79 Å². The average Bonchev–Trinajstić information content (AvgIpc) is 2.73. The van der Waals surface area contributed by atoms with E-state index >= 15 is 0 Å². The highest BCUT2D eigenvalue weighted by molar-refractivity contribution is 14.1. The molecular formula is C12H17IN2OS. The minimum atomic E-state index is -0.0806. The van der Waals surface area contributed by atoms with E-state index in [9.17, 15) is 4.79 Å². The molecule has 1 saturated heterocycles. The van der Waals surface area contributed by atoms with Crippen molar-refractivity contribution in [2.75, 3.05) is 5.75 Å². The molecule has 0 spiro atoms. The Kier molecular flexibility index (Phi) is 3.87. The molecule has 1 aliphatic heterocycles.